The Labute approximate surface area is 183 Å². The summed E-state index contributed by atoms with van der Waals surface area (Å²) < 4.78 is 37.4. The number of phenolic OH excluding ortho intramolecular Hbond substituents is 1. The summed E-state index contributed by atoms with van der Waals surface area (Å²) in [6.07, 6.45) is 7.73. The van der Waals surface area contributed by atoms with Crippen molar-refractivity contribution in [2.24, 2.45) is 0 Å². The molecule has 166 valence electrons. The van der Waals surface area contributed by atoms with E-state index in [1.165, 1.54) is 23.4 Å². The Morgan fingerprint density at radius 3 is 2.30 bits per heavy atom. The highest BCUT2D eigenvalue weighted by Gasteiger charge is 2.34. The van der Waals surface area contributed by atoms with Gasteiger partial charge in [-0.3, -0.25) is 0 Å². The average molecular weight is 453 g/mol. The minimum Gasteiger partial charge on any atom is -0.744 e. The van der Waals surface area contributed by atoms with Crippen molar-refractivity contribution < 1.29 is 22.8 Å². The normalized spacial score (nSPS) is 18.3. The summed E-state index contributed by atoms with van der Waals surface area (Å²) in [5, 5.41) is 10.0. The van der Waals surface area contributed by atoms with Gasteiger partial charge in [0, 0.05) is 12.0 Å². The summed E-state index contributed by atoms with van der Waals surface area (Å²) >= 11 is 0. The van der Waals surface area contributed by atoms with Gasteiger partial charge in [0.25, 0.3) is 0 Å². The lowest BCUT2D eigenvalue weighted by Gasteiger charge is -2.36. The van der Waals surface area contributed by atoms with Crippen LogP contribution in [0.2, 0.25) is 0 Å². The molecule has 0 spiro atoms. The van der Waals surface area contributed by atoms with Crippen LogP contribution in [0.15, 0.2) is 35.2 Å². The van der Waals surface area contributed by atoms with Crippen molar-refractivity contribution in [3.63, 3.8) is 0 Å². The molecule has 0 fully saturated rings. The topological polar surface area (TPSA) is 86.7 Å². The number of benzene rings is 2. The van der Waals surface area contributed by atoms with Crippen molar-refractivity contribution in [1.82, 2.24) is 0 Å². The van der Waals surface area contributed by atoms with Gasteiger partial charge in [-0.05, 0) is 80.8 Å². The van der Waals surface area contributed by atoms with Gasteiger partial charge in [-0.15, -0.1) is 0 Å². The average Bonchev–Trinajstić information content (AvgIpc) is 2.65. The summed E-state index contributed by atoms with van der Waals surface area (Å²) in [7, 11) is -3.80. The molecule has 1 atom stereocenters. The second kappa shape index (κ2) is 9.62. The van der Waals surface area contributed by atoms with Crippen LogP contribution in [-0.2, 0) is 27.4 Å². The van der Waals surface area contributed by atoms with Crippen LogP contribution >= 0.6 is 0 Å². The number of ether oxygens (including phenoxy) is 1. The molecule has 7 heteroatoms. The Morgan fingerprint density at radius 1 is 1.17 bits per heavy atom. The molecule has 30 heavy (non-hydrogen) atoms. The number of fused-ring (bicyclic) bond motifs is 1. The van der Waals surface area contributed by atoms with Gasteiger partial charge in [0.1, 0.15) is 33.0 Å². The van der Waals surface area contributed by atoms with Crippen LogP contribution in [0, 0.1) is 20.8 Å². The third-order valence-corrected chi connectivity index (χ3v) is 7.31. The fourth-order valence-corrected chi connectivity index (χ4v) is 4.69. The van der Waals surface area contributed by atoms with Crippen LogP contribution in [0.3, 0.4) is 0 Å². The summed E-state index contributed by atoms with van der Waals surface area (Å²) in [6.45, 7) is 7.97. The Kier molecular flexibility index (Phi) is 7.88. The fraction of sp³-hybridized carbons (Fsp3) is 0.478. The Bertz CT molecular complexity index is 982. The number of rotatable bonds is 4. The minimum atomic E-state index is -4.27. The van der Waals surface area contributed by atoms with Crippen LogP contribution in [0.5, 0.6) is 11.5 Å². The number of phenols is 1. The van der Waals surface area contributed by atoms with Gasteiger partial charge in [-0.25, -0.2) is 8.42 Å². The van der Waals surface area contributed by atoms with Crippen LogP contribution in [0.1, 0.15) is 42.0 Å². The lowest BCUT2D eigenvalue weighted by Crippen LogP contribution is -2.38. The fourth-order valence-electron chi connectivity index (χ4n) is 3.38. The van der Waals surface area contributed by atoms with E-state index in [-0.39, 0.29) is 10.5 Å². The zero-order valence-electron chi connectivity index (χ0n) is 18.6. The molecular formula is C23H32O5S2. The molecule has 2 aromatic carbocycles. The van der Waals surface area contributed by atoms with E-state index in [0.717, 1.165) is 41.7 Å². The number of hydrogen-bond donors (Lipinski definition) is 1. The van der Waals surface area contributed by atoms with E-state index in [1.54, 1.807) is 12.1 Å². The van der Waals surface area contributed by atoms with Crippen LogP contribution in [0.25, 0.3) is 0 Å². The van der Waals surface area contributed by atoms with Gasteiger partial charge in [0.15, 0.2) is 0 Å². The SMILES string of the molecule is Cc1cc2c(c(C)c1O)CCC(C)(CC[S+](C)C)O2.Cc1ccc(S(=O)(=O)[O-])cc1. The molecule has 1 aliphatic rings. The monoisotopic (exact) mass is 452 g/mol. The first-order chi connectivity index (χ1) is 13.8. The quantitative estimate of drug-likeness (QED) is 0.553. The molecule has 1 N–H and O–H groups in total. The molecule has 1 heterocycles. The molecule has 5 nitrogen and oxygen atoms in total. The molecule has 0 aromatic heterocycles. The van der Waals surface area contributed by atoms with Crippen molar-refractivity contribution in [3.05, 3.63) is 52.6 Å². The van der Waals surface area contributed by atoms with Crippen molar-refractivity contribution in [1.29, 1.82) is 0 Å². The summed E-state index contributed by atoms with van der Waals surface area (Å²) in [5.74, 6) is 2.63. The first-order valence-corrected chi connectivity index (χ1v) is 13.5. The number of aromatic hydroxyl groups is 1. The molecule has 1 aliphatic heterocycles. The van der Waals surface area contributed by atoms with Gasteiger partial charge >= 0.3 is 0 Å². The van der Waals surface area contributed by atoms with Gasteiger partial charge in [0.2, 0.25) is 0 Å². The zero-order valence-corrected chi connectivity index (χ0v) is 20.2. The zero-order chi connectivity index (χ0) is 22.7. The molecule has 0 amide bonds. The Hall–Kier alpha value is -1.70. The summed E-state index contributed by atoms with van der Waals surface area (Å²) in [6, 6.07) is 7.78. The van der Waals surface area contributed by atoms with Gasteiger partial charge in [-0.2, -0.15) is 0 Å². The minimum absolute atomic E-state index is 0.0415. The van der Waals surface area contributed by atoms with E-state index in [9.17, 15) is 18.1 Å². The second-order valence-corrected chi connectivity index (χ2v) is 12.2. The molecule has 0 bridgehead atoms. The highest BCUT2D eigenvalue weighted by Crippen LogP contribution is 2.41. The van der Waals surface area contributed by atoms with Crippen LogP contribution in [0.4, 0.5) is 0 Å². The summed E-state index contributed by atoms with van der Waals surface area (Å²) in [4.78, 5) is -0.178. The van der Waals surface area contributed by atoms with Crippen molar-refractivity contribution >= 4 is 21.0 Å². The lowest BCUT2D eigenvalue weighted by molar-refractivity contribution is 0.0618. The van der Waals surface area contributed by atoms with Crippen LogP contribution < -0.4 is 4.74 Å². The Balaban J connectivity index is 0.000000248. The lowest BCUT2D eigenvalue weighted by atomic mass is 9.88. The van der Waals surface area contributed by atoms with Crippen LogP contribution in [-0.4, -0.2) is 41.9 Å². The maximum Gasteiger partial charge on any atom is 0.124 e. The third kappa shape index (κ3) is 6.40. The first-order valence-electron chi connectivity index (χ1n) is 9.90. The third-order valence-electron chi connectivity index (χ3n) is 5.44. The summed E-state index contributed by atoms with van der Waals surface area (Å²) in [5.41, 5.74) is 3.97. The largest absolute Gasteiger partial charge is 0.744 e. The van der Waals surface area contributed by atoms with E-state index in [0.29, 0.717) is 16.6 Å². The molecule has 3 rings (SSSR count). The predicted molar refractivity (Wildman–Crippen MR) is 123 cm³/mol. The highest BCUT2D eigenvalue weighted by molar-refractivity contribution is 7.95. The van der Waals surface area contributed by atoms with E-state index in [2.05, 4.69) is 19.4 Å². The van der Waals surface area contributed by atoms with Crippen molar-refractivity contribution in [2.45, 2.75) is 57.5 Å². The standard InChI is InChI=1S/C16H24O2S.C7H8O3S/c1-11-10-14-13(12(2)15(11)17)6-7-16(3,18-14)8-9-19(4)5;1-6-2-4-7(5-3-6)11(8,9)10/h10H,6-9H2,1-5H3;2-5H,1H3,(H,8,9,10). The van der Waals surface area contributed by atoms with E-state index in [4.69, 9.17) is 4.74 Å². The van der Waals surface area contributed by atoms with Gasteiger partial charge < -0.3 is 14.4 Å². The Morgan fingerprint density at radius 2 is 1.77 bits per heavy atom. The first kappa shape index (κ1) is 24.6. The van der Waals surface area contributed by atoms with Crippen molar-refractivity contribution in [2.75, 3.05) is 18.3 Å². The molecular weight excluding hydrogens is 420 g/mol. The molecule has 0 radical (unpaired) electrons. The highest BCUT2D eigenvalue weighted by atomic mass is 32.2. The predicted octanol–water partition coefficient (Wildman–Crippen LogP) is 4.26. The van der Waals surface area contributed by atoms with E-state index < -0.39 is 10.1 Å². The number of hydrogen-bond acceptors (Lipinski definition) is 5. The van der Waals surface area contributed by atoms with Gasteiger partial charge in [0.05, 0.1) is 17.4 Å². The van der Waals surface area contributed by atoms with Gasteiger partial charge in [-0.1, -0.05) is 17.7 Å². The molecule has 2 aromatic rings. The molecule has 0 saturated carbocycles. The van der Waals surface area contributed by atoms with Crippen molar-refractivity contribution in [3.8, 4) is 11.5 Å². The maximum atomic E-state index is 10.4. The van der Waals surface area contributed by atoms with E-state index in [1.807, 2.05) is 26.8 Å². The molecule has 0 saturated heterocycles. The maximum absolute atomic E-state index is 10.4. The number of aryl methyl sites for hydroxylation is 2. The second-order valence-electron chi connectivity index (χ2n) is 8.40. The molecule has 0 aliphatic carbocycles. The smallest absolute Gasteiger partial charge is 0.124 e. The van der Waals surface area contributed by atoms with E-state index >= 15 is 0 Å². The molecule has 1 unspecified atom stereocenters.